The molecule has 0 spiro atoms. The summed E-state index contributed by atoms with van der Waals surface area (Å²) in [6, 6.07) is 4.95. The second-order valence-corrected chi connectivity index (χ2v) is 5.97. The van der Waals surface area contributed by atoms with Gasteiger partial charge in [0.1, 0.15) is 0 Å². The van der Waals surface area contributed by atoms with Crippen LogP contribution in [0.1, 0.15) is 24.1 Å². The zero-order valence-electron chi connectivity index (χ0n) is 9.89. The molecule has 3 rings (SSSR count). The van der Waals surface area contributed by atoms with Crippen molar-refractivity contribution in [3.63, 3.8) is 0 Å². The van der Waals surface area contributed by atoms with Crippen LogP contribution in [0.4, 0.5) is 0 Å². The number of nitrogens with zero attached hydrogens (tertiary/aromatic N) is 1. The van der Waals surface area contributed by atoms with Gasteiger partial charge in [-0.3, -0.25) is 4.79 Å². The Kier molecular flexibility index (Phi) is 3.16. The average Bonchev–Trinajstić information content (AvgIpc) is 2.86. The molecule has 0 radical (unpaired) electrons. The Balaban J connectivity index is 1.49. The van der Waals surface area contributed by atoms with E-state index in [9.17, 15) is 4.79 Å². The van der Waals surface area contributed by atoms with Gasteiger partial charge in [-0.05, 0) is 37.1 Å². The Morgan fingerprint density at radius 2 is 2.29 bits per heavy atom. The topological polar surface area (TPSA) is 32.3 Å². The molecule has 3 nitrogen and oxygen atoms in total. The van der Waals surface area contributed by atoms with Crippen LogP contribution in [-0.2, 0) is 11.2 Å². The van der Waals surface area contributed by atoms with Crippen molar-refractivity contribution in [3.8, 4) is 0 Å². The van der Waals surface area contributed by atoms with Crippen LogP contribution in [0.3, 0.4) is 0 Å². The second kappa shape index (κ2) is 4.78. The summed E-state index contributed by atoms with van der Waals surface area (Å²) in [7, 11) is 0. The first kappa shape index (κ1) is 11.2. The molecule has 17 heavy (non-hydrogen) atoms. The van der Waals surface area contributed by atoms with Crippen molar-refractivity contribution in [2.24, 2.45) is 0 Å². The van der Waals surface area contributed by atoms with Crippen molar-refractivity contribution in [3.05, 3.63) is 22.4 Å². The van der Waals surface area contributed by atoms with Crippen molar-refractivity contribution in [2.75, 3.05) is 13.1 Å². The number of carbonyl (C=O) groups excluding carboxylic acids is 1. The number of thiophene rings is 1. The van der Waals surface area contributed by atoms with E-state index in [1.807, 2.05) is 4.90 Å². The lowest BCUT2D eigenvalue weighted by atomic mass is 10.2. The van der Waals surface area contributed by atoms with Gasteiger partial charge in [0.2, 0.25) is 5.91 Å². The zero-order chi connectivity index (χ0) is 11.7. The van der Waals surface area contributed by atoms with Crippen molar-refractivity contribution < 1.29 is 4.79 Å². The van der Waals surface area contributed by atoms with E-state index in [4.69, 9.17) is 0 Å². The van der Waals surface area contributed by atoms with Crippen LogP contribution in [0.2, 0.25) is 0 Å². The molecule has 1 aromatic rings. The number of likely N-dealkylation sites (tertiary alicyclic amines) is 1. The third-order valence-corrected chi connectivity index (χ3v) is 4.46. The first-order chi connectivity index (χ1) is 8.33. The Bertz CT molecular complexity index is 386. The first-order valence-corrected chi connectivity index (χ1v) is 7.28. The average molecular weight is 250 g/mol. The smallest absolute Gasteiger partial charge is 0.239 e. The lowest BCUT2D eigenvalue weighted by molar-refractivity contribution is -0.129. The predicted molar refractivity (Wildman–Crippen MR) is 69.2 cm³/mol. The highest BCUT2D eigenvalue weighted by Crippen LogP contribution is 2.22. The summed E-state index contributed by atoms with van der Waals surface area (Å²) >= 11 is 1.78. The maximum absolute atomic E-state index is 12.1. The number of rotatable bonds is 5. The normalized spacial score (nSPS) is 24.6. The van der Waals surface area contributed by atoms with E-state index in [0.717, 1.165) is 25.9 Å². The van der Waals surface area contributed by atoms with Gasteiger partial charge in [-0.2, -0.15) is 0 Å². The minimum Gasteiger partial charge on any atom is -0.341 e. The molecule has 1 saturated carbocycles. The summed E-state index contributed by atoms with van der Waals surface area (Å²) in [4.78, 5) is 15.5. The molecule has 0 bridgehead atoms. The van der Waals surface area contributed by atoms with E-state index in [2.05, 4.69) is 22.8 Å². The van der Waals surface area contributed by atoms with Crippen molar-refractivity contribution in [1.29, 1.82) is 0 Å². The molecule has 0 aromatic carbocycles. The third-order valence-electron chi connectivity index (χ3n) is 3.52. The number of hydrogen-bond donors (Lipinski definition) is 1. The molecule has 1 unspecified atom stereocenters. The molecule has 2 fully saturated rings. The summed E-state index contributed by atoms with van der Waals surface area (Å²) < 4.78 is 0. The van der Waals surface area contributed by atoms with E-state index in [0.29, 0.717) is 11.9 Å². The Labute approximate surface area is 106 Å². The predicted octanol–water partition coefficient (Wildman–Crippen LogP) is 1.64. The minimum absolute atomic E-state index is 0.103. The second-order valence-electron chi connectivity index (χ2n) is 4.94. The fourth-order valence-corrected chi connectivity index (χ4v) is 3.05. The first-order valence-electron chi connectivity index (χ1n) is 6.40. The number of carbonyl (C=O) groups is 1. The lowest BCUT2D eigenvalue weighted by Crippen LogP contribution is -2.39. The van der Waals surface area contributed by atoms with Gasteiger partial charge in [0.25, 0.3) is 0 Å². The van der Waals surface area contributed by atoms with E-state index < -0.39 is 0 Å². The summed E-state index contributed by atoms with van der Waals surface area (Å²) in [5, 5.41) is 5.53. The van der Waals surface area contributed by atoms with Gasteiger partial charge in [-0.1, -0.05) is 6.07 Å². The van der Waals surface area contributed by atoms with Crippen molar-refractivity contribution in [2.45, 2.75) is 37.8 Å². The monoisotopic (exact) mass is 250 g/mol. The van der Waals surface area contributed by atoms with E-state index in [1.54, 1.807) is 11.3 Å². The van der Waals surface area contributed by atoms with Crippen LogP contribution < -0.4 is 5.32 Å². The number of nitrogens with one attached hydrogen (secondary N) is 1. The Morgan fingerprint density at radius 3 is 3.00 bits per heavy atom. The molecular weight excluding hydrogens is 232 g/mol. The maximum atomic E-state index is 12.1. The number of amides is 1. The molecule has 2 heterocycles. The number of hydrogen-bond acceptors (Lipinski definition) is 3. The van der Waals surface area contributed by atoms with Crippen LogP contribution in [0.15, 0.2) is 17.5 Å². The van der Waals surface area contributed by atoms with Gasteiger partial charge in [-0.15, -0.1) is 11.3 Å². The molecule has 2 aliphatic rings. The van der Waals surface area contributed by atoms with E-state index >= 15 is 0 Å². The van der Waals surface area contributed by atoms with Crippen LogP contribution in [0.25, 0.3) is 0 Å². The van der Waals surface area contributed by atoms with Gasteiger partial charge in [0, 0.05) is 24.0 Å². The molecule has 1 aliphatic carbocycles. The summed E-state index contributed by atoms with van der Waals surface area (Å²) in [5.74, 6) is 0.313. The van der Waals surface area contributed by atoms with E-state index in [-0.39, 0.29) is 6.04 Å². The maximum Gasteiger partial charge on any atom is 0.239 e. The summed E-state index contributed by atoms with van der Waals surface area (Å²) in [6.45, 7) is 1.80. The van der Waals surface area contributed by atoms with Gasteiger partial charge < -0.3 is 10.2 Å². The minimum atomic E-state index is 0.103. The fourth-order valence-electron chi connectivity index (χ4n) is 2.35. The molecule has 1 N–H and O–H groups in total. The van der Waals surface area contributed by atoms with Crippen molar-refractivity contribution >= 4 is 17.2 Å². The van der Waals surface area contributed by atoms with Gasteiger partial charge in [0.15, 0.2) is 0 Å². The fraction of sp³-hybridized carbons (Fsp3) is 0.615. The van der Waals surface area contributed by atoms with Crippen LogP contribution in [0, 0.1) is 0 Å². The standard InChI is InChI=1S/C13H18N2OS/c16-13-12(14-10-3-4-10)6-8-15(13)7-5-11-2-1-9-17-11/h1-2,9-10,12,14H,3-8H2. The molecule has 1 aliphatic heterocycles. The molecule has 1 amide bonds. The highest BCUT2D eigenvalue weighted by molar-refractivity contribution is 7.09. The molecule has 4 heteroatoms. The molecule has 1 aromatic heterocycles. The molecule has 92 valence electrons. The highest BCUT2D eigenvalue weighted by Gasteiger charge is 2.35. The summed E-state index contributed by atoms with van der Waals surface area (Å²) in [5.41, 5.74) is 0. The summed E-state index contributed by atoms with van der Waals surface area (Å²) in [6.07, 6.45) is 4.48. The largest absolute Gasteiger partial charge is 0.341 e. The zero-order valence-corrected chi connectivity index (χ0v) is 10.7. The van der Waals surface area contributed by atoms with Gasteiger partial charge in [0.05, 0.1) is 6.04 Å². The highest BCUT2D eigenvalue weighted by atomic mass is 32.1. The van der Waals surface area contributed by atoms with Crippen LogP contribution in [-0.4, -0.2) is 36.0 Å². The quantitative estimate of drug-likeness (QED) is 0.861. The van der Waals surface area contributed by atoms with Crippen LogP contribution in [0.5, 0.6) is 0 Å². The van der Waals surface area contributed by atoms with Crippen LogP contribution >= 0.6 is 11.3 Å². The van der Waals surface area contributed by atoms with Crippen molar-refractivity contribution in [1.82, 2.24) is 10.2 Å². The molecular formula is C13H18N2OS. The third kappa shape index (κ3) is 2.69. The Hall–Kier alpha value is -0.870. The van der Waals surface area contributed by atoms with E-state index in [1.165, 1.54) is 17.7 Å². The lowest BCUT2D eigenvalue weighted by Gasteiger charge is -2.16. The van der Waals surface area contributed by atoms with Gasteiger partial charge >= 0.3 is 0 Å². The molecule has 1 saturated heterocycles. The Morgan fingerprint density at radius 1 is 1.41 bits per heavy atom. The molecule has 1 atom stereocenters. The van der Waals surface area contributed by atoms with Gasteiger partial charge in [-0.25, -0.2) is 0 Å². The SMILES string of the molecule is O=C1C(NC2CC2)CCN1CCc1cccs1.